The molecule has 3 nitrogen and oxygen atoms in total. The van der Waals surface area contributed by atoms with Crippen molar-refractivity contribution in [2.75, 3.05) is 32.9 Å². The average Bonchev–Trinajstić information content (AvgIpc) is 3.07. The van der Waals surface area contributed by atoms with Crippen LogP contribution in [0.1, 0.15) is 17.0 Å². The maximum Gasteiger partial charge on any atom is 0.233 e. The van der Waals surface area contributed by atoms with Crippen LogP contribution in [0.15, 0.2) is 59.5 Å². The van der Waals surface area contributed by atoms with Gasteiger partial charge in [-0.15, -0.1) is 11.8 Å². The molecule has 132 valence electrons. The molecule has 0 aromatic heterocycles. The molecule has 0 radical (unpaired) electrons. The van der Waals surface area contributed by atoms with Crippen LogP contribution in [-0.2, 0) is 4.79 Å². The van der Waals surface area contributed by atoms with Crippen molar-refractivity contribution in [2.24, 2.45) is 0 Å². The fourth-order valence-electron chi connectivity index (χ4n) is 3.41. The summed E-state index contributed by atoms with van der Waals surface area (Å²) >= 11 is 1.62. The fraction of sp³-hybridized carbons (Fsp3) is 0.381. The molecule has 0 saturated carbocycles. The van der Waals surface area contributed by atoms with Crippen molar-refractivity contribution >= 4 is 17.7 Å². The van der Waals surface area contributed by atoms with E-state index in [2.05, 4.69) is 62.3 Å². The van der Waals surface area contributed by atoms with Crippen molar-refractivity contribution < 1.29 is 4.79 Å². The number of hydrogen-bond donors (Lipinski definition) is 0. The number of benzene rings is 2. The number of nitrogens with zero attached hydrogens (tertiary/aromatic N) is 2. The summed E-state index contributed by atoms with van der Waals surface area (Å²) in [4.78, 5) is 18.1. The van der Waals surface area contributed by atoms with Crippen molar-refractivity contribution in [1.29, 1.82) is 0 Å². The van der Waals surface area contributed by atoms with Crippen LogP contribution in [0.3, 0.4) is 0 Å². The maximum atomic E-state index is 12.7. The quantitative estimate of drug-likeness (QED) is 0.766. The number of carbonyl (C=O) groups is 1. The molecular formula is C21H26N2OS. The lowest BCUT2D eigenvalue weighted by Gasteiger charge is -2.25. The van der Waals surface area contributed by atoms with Crippen LogP contribution in [0.2, 0.25) is 0 Å². The molecule has 0 unspecified atom stereocenters. The molecule has 4 heteroatoms. The van der Waals surface area contributed by atoms with E-state index in [1.807, 2.05) is 23.1 Å². The van der Waals surface area contributed by atoms with E-state index in [1.165, 1.54) is 11.1 Å². The molecule has 1 saturated heterocycles. The molecular weight excluding hydrogens is 328 g/mol. The lowest BCUT2D eigenvalue weighted by atomic mass is 9.93. The number of carbonyl (C=O) groups excluding carboxylic acids is 1. The average molecular weight is 355 g/mol. The third-order valence-electron chi connectivity index (χ3n) is 4.92. The van der Waals surface area contributed by atoms with Crippen LogP contribution in [-0.4, -0.2) is 54.7 Å². The fourth-order valence-corrected chi connectivity index (χ4v) is 4.23. The van der Waals surface area contributed by atoms with Gasteiger partial charge in [0.1, 0.15) is 0 Å². The van der Waals surface area contributed by atoms with Crippen LogP contribution < -0.4 is 0 Å². The number of amides is 1. The molecule has 2 atom stereocenters. The van der Waals surface area contributed by atoms with Crippen LogP contribution in [0, 0.1) is 6.92 Å². The van der Waals surface area contributed by atoms with Crippen molar-refractivity contribution in [3.05, 3.63) is 65.7 Å². The van der Waals surface area contributed by atoms with Crippen molar-refractivity contribution in [1.82, 2.24) is 9.80 Å². The Balaban J connectivity index is 1.66. The SMILES string of the molecule is Cc1ccc([C@@H]2CN(C(=O)CSc3ccccc3)C[C@H]2N(C)C)cc1. The minimum absolute atomic E-state index is 0.232. The zero-order chi connectivity index (χ0) is 17.8. The Morgan fingerprint density at radius 3 is 2.40 bits per heavy atom. The first-order valence-corrected chi connectivity index (χ1v) is 9.72. The second-order valence-corrected chi connectivity index (χ2v) is 8.00. The molecule has 0 N–H and O–H groups in total. The summed E-state index contributed by atoms with van der Waals surface area (Å²) in [7, 11) is 4.22. The molecule has 1 amide bonds. The second-order valence-electron chi connectivity index (χ2n) is 6.95. The van der Waals surface area contributed by atoms with E-state index < -0.39 is 0 Å². The maximum absolute atomic E-state index is 12.7. The Hall–Kier alpha value is -1.78. The second kappa shape index (κ2) is 8.07. The Bertz CT molecular complexity index is 700. The summed E-state index contributed by atoms with van der Waals surface area (Å²) in [5, 5.41) is 0. The Morgan fingerprint density at radius 2 is 1.76 bits per heavy atom. The van der Waals surface area contributed by atoms with Gasteiger partial charge in [0.15, 0.2) is 0 Å². The highest BCUT2D eigenvalue weighted by Gasteiger charge is 2.37. The third kappa shape index (κ3) is 4.44. The summed E-state index contributed by atoms with van der Waals surface area (Å²) < 4.78 is 0. The number of thioether (sulfide) groups is 1. The molecule has 1 aliphatic heterocycles. The lowest BCUT2D eigenvalue weighted by Crippen LogP contribution is -2.36. The number of hydrogen-bond acceptors (Lipinski definition) is 3. The molecule has 1 aliphatic rings. The first-order valence-electron chi connectivity index (χ1n) is 8.73. The molecule has 1 fully saturated rings. The van der Waals surface area contributed by atoms with Crippen molar-refractivity contribution in [3.8, 4) is 0 Å². The van der Waals surface area contributed by atoms with Crippen LogP contribution >= 0.6 is 11.8 Å². The molecule has 2 aromatic rings. The molecule has 25 heavy (non-hydrogen) atoms. The van der Waals surface area contributed by atoms with Gasteiger partial charge in [0.25, 0.3) is 0 Å². The predicted molar refractivity (Wildman–Crippen MR) is 105 cm³/mol. The van der Waals surface area contributed by atoms with Gasteiger partial charge in [-0.1, -0.05) is 48.0 Å². The first kappa shape index (κ1) is 18.0. The smallest absolute Gasteiger partial charge is 0.233 e. The summed E-state index contributed by atoms with van der Waals surface area (Å²) in [5.74, 6) is 1.11. The van der Waals surface area contributed by atoms with E-state index in [-0.39, 0.29) is 5.91 Å². The topological polar surface area (TPSA) is 23.6 Å². The van der Waals surface area contributed by atoms with Gasteiger partial charge in [-0.25, -0.2) is 0 Å². The summed E-state index contributed by atoms with van der Waals surface area (Å²) in [6.07, 6.45) is 0. The molecule has 0 aliphatic carbocycles. The van der Waals surface area contributed by atoms with E-state index >= 15 is 0 Å². The van der Waals surface area contributed by atoms with Gasteiger partial charge in [-0.2, -0.15) is 0 Å². The van der Waals surface area contributed by atoms with E-state index in [1.54, 1.807) is 11.8 Å². The van der Waals surface area contributed by atoms with E-state index in [9.17, 15) is 4.79 Å². The Labute approximate surface area is 155 Å². The van der Waals surface area contributed by atoms with Gasteiger partial charge in [0, 0.05) is 29.9 Å². The lowest BCUT2D eigenvalue weighted by molar-refractivity contribution is -0.127. The van der Waals surface area contributed by atoms with Crippen LogP contribution in [0.5, 0.6) is 0 Å². The minimum Gasteiger partial charge on any atom is -0.340 e. The molecule has 0 bridgehead atoms. The van der Waals surface area contributed by atoms with Gasteiger partial charge < -0.3 is 9.80 Å². The number of likely N-dealkylation sites (N-methyl/N-ethyl adjacent to an activating group) is 1. The zero-order valence-corrected chi connectivity index (χ0v) is 16.0. The standard InChI is InChI=1S/C21H26N2OS/c1-16-9-11-17(12-10-16)19-13-23(14-20(19)22(2)3)21(24)15-25-18-7-5-4-6-8-18/h4-12,19-20H,13-15H2,1-3H3/t19-,20+/m0/s1. The molecule has 2 aromatic carbocycles. The highest BCUT2D eigenvalue weighted by molar-refractivity contribution is 8.00. The van der Waals surface area contributed by atoms with Crippen LogP contribution in [0.25, 0.3) is 0 Å². The molecule has 3 rings (SSSR count). The minimum atomic E-state index is 0.232. The zero-order valence-electron chi connectivity index (χ0n) is 15.2. The number of likely N-dealkylation sites (tertiary alicyclic amines) is 1. The first-order chi connectivity index (χ1) is 12.0. The normalized spacial score (nSPS) is 20.2. The van der Waals surface area contributed by atoms with E-state index in [0.717, 1.165) is 18.0 Å². The predicted octanol–water partition coefficient (Wildman–Crippen LogP) is 3.64. The summed E-state index contributed by atoms with van der Waals surface area (Å²) in [5.41, 5.74) is 2.60. The van der Waals surface area contributed by atoms with Crippen LogP contribution in [0.4, 0.5) is 0 Å². The number of aryl methyl sites for hydroxylation is 1. The monoisotopic (exact) mass is 354 g/mol. The van der Waals surface area contributed by atoms with Gasteiger partial charge >= 0.3 is 0 Å². The van der Waals surface area contributed by atoms with Gasteiger partial charge in [-0.05, 0) is 38.7 Å². The van der Waals surface area contributed by atoms with Crippen molar-refractivity contribution in [3.63, 3.8) is 0 Å². The third-order valence-corrected chi connectivity index (χ3v) is 5.91. The summed E-state index contributed by atoms with van der Waals surface area (Å²) in [6, 6.07) is 19.3. The van der Waals surface area contributed by atoms with E-state index in [4.69, 9.17) is 0 Å². The van der Waals surface area contributed by atoms with E-state index in [0.29, 0.717) is 17.7 Å². The highest BCUT2D eigenvalue weighted by Crippen LogP contribution is 2.31. The molecule has 0 spiro atoms. The van der Waals surface area contributed by atoms with Gasteiger partial charge in [-0.3, -0.25) is 4.79 Å². The van der Waals surface area contributed by atoms with Gasteiger partial charge in [0.2, 0.25) is 5.91 Å². The Kier molecular flexibility index (Phi) is 5.82. The highest BCUT2D eigenvalue weighted by atomic mass is 32.2. The molecule has 1 heterocycles. The van der Waals surface area contributed by atoms with Gasteiger partial charge in [0.05, 0.1) is 5.75 Å². The summed E-state index contributed by atoms with van der Waals surface area (Å²) in [6.45, 7) is 3.72. The Morgan fingerprint density at radius 1 is 1.08 bits per heavy atom. The number of rotatable bonds is 5. The van der Waals surface area contributed by atoms with Crippen molar-refractivity contribution in [2.45, 2.75) is 23.8 Å². The largest absolute Gasteiger partial charge is 0.340 e.